The van der Waals surface area contributed by atoms with E-state index in [1.54, 1.807) is 134 Å². The Morgan fingerprint density at radius 3 is 0.891 bits per heavy atom. The van der Waals surface area contributed by atoms with Gasteiger partial charge in [-0.3, -0.25) is 0 Å². The summed E-state index contributed by atoms with van der Waals surface area (Å²) in [5.41, 5.74) is 0. The molecule has 0 amide bonds. The standard InChI is InChI=1S/C21H20IO4P.C21H21O4P.C21H21O3P.C9H11BrO3.C8H9BrO3.C8H10O3.C4H8O.C2H8O4S.BHNS/c1-24-17-14-18(19(22)21(26-3)20(17)25-2)27(23,15-10-6-4-7-11-15)16-12-8-5-9-13-16;1-23-19-14-18(15-20(24-2)21(19)25-3)26(22,16-10-6-4-7-11-16)17-12-8-5-9-13-17;1-22-19-14-18(15-20(23-2)21(19)24-3)25(16-10-6-4-7-11-16)17-12-8-5-9-13-17;1-11-7-4-6(10)5-8(12-2)9(7)13-3;1-11-6-3-5(9)4-7(12-2)8(6)10;1-10-6-4-3-5-7(11-2)8(6)9;1-2-4-5-3-1;1-7(2,4,5)6-3;1-2-3/h4-14H,1-3H3;4-15H,1-3H3;4-15H,1-3H3;4-5H,1-3H3;3-4,10H,1-2H3;3-5,9H,1-2H3;1-4H2;3H,1-2H3,(H,4,5);3H. The van der Waals surface area contributed by atoms with Crippen LogP contribution >= 0.6 is 89.5 Å². The Morgan fingerprint density at radius 2 is 0.620 bits per heavy atom. The van der Waals surface area contributed by atoms with Gasteiger partial charge >= 0.3 is 24.8 Å². The number of hydrogen-bond acceptors (Lipinski definition) is 26. The molecule has 0 aromatic heterocycles. The van der Waals surface area contributed by atoms with E-state index in [0.29, 0.717) is 103 Å². The van der Waals surface area contributed by atoms with Crippen molar-refractivity contribution < 1.29 is 118 Å². The maximum absolute atomic E-state index is 14.6. The summed E-state index contributed by atoms with van der Waals surface area (Å²) in [5.74, 6) is 8.47. The summed E-state index contributed by atoms with van der Waals surface area (Å²) in [6, 6.07) is 80.5. The van der Waals surface area contributed by atoms with E-state index in [1.807, 2.05) is 158 Å². The number of para-hydroxylation sites is 1. The second-order valence-electron chi connectivity index (χ2n) is 26.5. The molecule has 0 bridgehead atoms. The fourth-order valence-corrected chi connectivity index (χ4v) is 22.3. The molecule has 0 spiro atoms. The van der Waals surface area contributed by atoms with Gasteiger partial charge in [-0.1, -0.05) is 220 Å². The number of ether oxygens (including phenoxy) is 17. The van der Waals surface area contributed by atoms with Gasteiger partial charge in [0.05, 0.1) is 117 Å². The van der Waals surface area contributed by atoms with E-state index < -0.39 is 31.8 Å². The van der Waals surface area contributed by atoms with E-state index in [2.05, 4.69) is 132 Å². The number of nitrogens with zero attached hydrogens (tertiary/aromatic N) is 1. The third-order valence-electron chi connectivity index (χ3n) is 18.0. The van der Waals surface area contributed by atoms with Crippen LogP contribution in [0.2, 0.25) is 0 Å². The summed E-state index contributed by atoms with van der Waals surface area (Å²) in [6.07, 6.45) is 4.36. The van der Waals surface area contributed by atoms with Crippen molar-refractivity contribution in [1.29, 1.82) is 0 Å². The van der Waals surface area contributed by atoms with E-state index in [4.69, 9.17) is 90.3 Å². The van der Waals surface area contributed by atoms with Crippen LogP contribution in [0.5, 0.6) is 103 Å². The Bertz CT molecular complexity index is 5330. The number of methoxy groups -OCH3 is 16. The summed E-state index contributed by atoms with van der Waals surface area (Å²) >= 11 is 12.0. The number of aromatic hydroxyl groups is 2. The van der Waals surface area contributed by atoms with Gasteiger partial charge in [0.1, 0.15) is 9.63 Å². The summed E-state index contributed by atoms with van der Waals surface area (Å²) in [4.78, 5) is 0. The van der Waals surface area contributed by atoms with E-state index >= 15 is 0 Å². The van der Waals surface area contributed by atoms with Crippen LogP contribution < -0.4 is 124 Å². The van der Waals surface area contributed by atoms with Crippen LogP contribution in [-0.4, -0.2) is 171 Å². The molecule has 0 atom stereocenters. The van der Waals surface area contributed by atoms with Crippen LogP contribution in [0.4, 0.5) is 0 Å². The molecule has 1 aliphatic heterocycles. The molecule has 1 radical (unpaired) electrons. The molecule has 12 aromatic rings. The van der Waals surface area contributed by atoms with Gasteiger partial charge in [0.15, 0.2) is 83.3 Å². The van der Waals surface area contributed by atoms with Crippen molar-refractivity contribution in [3.05, 3.63) is 267 Å². The fraction of sp³-hybridized carbons (Fsp3) is 0.234. The van der Waals surface area contributed by atoms with Gasteiger partial charge in [-0.25, -0.2) is 9.47 Å². The Morgan fingerprint density at radius 1 is 0.364 bits per heavy atom. The third kappa shape index (κ3) is 31.3. The van der Waals surface area contributed by atoms with Crippen molar-refractivity contribution in [2.75, 3.05) is 139 Å². The number of thiol groups is 1. The van der Waals surface area contributed by atoms with Crippen molar-refractivity contribution in [1.82, 2.24) is 0 Å². The predicted molar refractivity (Wildman–Crippen MR) is 536 cm³/mol. The van der Waals surface area contributed by atoms with Crippen LogP contribution in [0.1, 0.15) is 12.8 Å². The molecule has 26 nitrogen and oxygen atoms in total. The number of benzene rings is 12. The van der Waals surface area contributed by atoms with Crippen LogP contribution in [0.3, 0.4) is 0 Å². The summed E-state index contributed by atoms with van der Waals surface area (Å²) in [6.45, 7) is 2.00. The molecular formula is C94H109BBr2INO25P3S2. The summed E-state index contributed by atoms with van der Waals surface area (Å²) in [7, 11) is 18.3. The van der Waals surface area contributed by atoms with Crippen molar-refractivity contribution in [3.63, 3.8) is 0 Å². The van der Waals surface area contributed by atoms with Gasteiger partial charge in [-0.15, -0.1) is 4.33 Å². The van der Waals surface area contributed by atoms with E-state index in [9.17, 15) is 23.6 Å². The van der Waals surface area contributed by atoms with Crippen molar-refractivity contribution in [2.45, 2.75) is 12.8 Å². The molecule has 0 saturated carbocycles. The van der Waals surface area contributed by atoms with Gasteiger partial charge < -0.3 is 104 Å². The minimum absolute atomic E-state index is 0.0169. The maximum atomic E-state index is 14.6. The first-order chi connectivity index (χ1) is 61.9. The predicted octanol–water partition coefficient (Wildman–Crippen LogP) is 17.8. The van der Waals surface area contributed by atoms with Crippen molar-refractivity contribution >= 4 is 154 Å². The van der Waals surface area contributed by atoms with E-state index in [-0.39, 0.29) is 11.5 Å². The molecule has 1 heterocycles. The molecule has 0 unspecified atom stereocenters. The molecular weight excluding hydrogens is 2000 g/mol. The summed E-state index contributed by atoms with van der Waals surface area (Å²) in [5, 5.41) is 34.4. The molecule has 1 fully saturated rings. The Hall–Kier alpha value is -10.2. The molecule has 1 aliphatic rings. The molecule has 12 aromatic carbocycles. The molecule has 1 saturated heterocycles. The van der Waals surface area contributed by atoms with E-state index in [1.165, 1.54) is 51.9 Å². The van der Waals surface area contributed by atoms with Gasteiger partial charge in [0.2, 0.25) is 34.5 Å². The number of phenolic OH excluding ortho intramolecular Hbond substituents is 2. The monoisotopic (exact) mass is 2100 g/mol. The number of rotatable bonds is 26. The van der Waals surface area contributed by atoms with Crippen LogP contribution in [0, 0.1) is 3.57 Å². The van der Waals surface area contributed by atoms with Gasteiger partial charge in [-0.05, 0) is 126 Å². The number of halogens is 3. The normalized spacial score (nSPS) is 11.2. The quantitative estimate of drug-likeness (QED) is 0.00840. The molecule has 691 valence electrons. The molecule has 0 aliphatic carbocycles. The SMILES string of the molecule is C1CCOC1.COc1cc(Br)cc(OC)c1O.COc1cc(Br)cc(OC)c1OC.COc1cc(P(=O)(c2ccccc2)c2ccccc2)c(I)c(OC)c1OC.COc1cc(P(=O)(c2ccccc2)c2ccccc2)cc(OC)c1OC.COc1cc(P(c2ccccc2)c2ccccc2)cc(OC)c1OC.COc1cccc(OC)c1O.CS(C)(=O)(O)OO.[B]=NS. The second-order valence-corrected chi connectivity index (χ2v) is 40.8. The third-order valence-corrected chi connectivity index (χ3v) is 29.4. The van der Waals surface area contributed by atoms with Crippen LogP contribution in [0.25, 0.3) is 0 Å². The first-order valence-corrected chi connectivity index (χ1v) is 49.1. The van der Waals surface area contributed by atoms with Crippen LogP contribution in [-0.2, 0) is 27.8 Å². The Labute approximate surface area is 793 Å². The van der Waals surface area contributed by atoms with Gasteiger partial charge in [0.25, 0.3) is 0 Å². The molecule has 13 rings (SSSR count). The van der Waals surface area contributed by atoms with Gasteiger partial charge in [-0.2, -0.15) is 0 Å². The first-order valence-electron chi connectivity index (χ1n) is 38.6. The topological polar surface area (TPSA) is 311 Å². The van der Waals surface area contributed by atoms with Crippen LogP contribution in [0.15, 0.2) is 268 Å². The number of phenols is 2. The van der Waals surface area contributed by atoms with Crippen molar-refractivity contribution in [3.8, 4) is 103 Å². The zero-order valence-electron chi connectivity index (χ0n) is 74.8. The van der Waals surface area contributed by atoms with E-state index in [0.717, 1.165) is 64.8 Å². The second kappa shape index (κ2) is 55.8. The first kappa shape index (κ1) is 109. The number of hydrogen-bond donors (Lipinski definition) is 5. The zero-order chi connectivity index (χ0) is 95.3. The molecule has 35 heteroatoms. The fourth-order valence-electron chi connectivity index (χ4n) is 12.1. The minimum atomic E-state index is -4.06. The molecule has 129 heavy (non-hydrogen) atoms. The summed E-state index contributed by atoms with van der Waals surface area (Å²) < 4.78 is 145. The van der Waals surface area contributed by atoms with Crippen molar-refractivity contribution in [2.24, 2.45) is 4.30 Å². The Kier molecular flexibility index (Phi) is 47.3. The Balaban J connectivity index is 0.000000272. The zero-order valence-corrected chi connectivity index (χ0v) is 84.5. The average Bonchev–Trinajstić information content (AvgIpc) is 1.14. The average molecular weight is 2110 g/mol. The van der Waals surface area contributed by atoms with Gasteiger partial charge in [0, 0.05) is 66.5 Å². The molecule has 4 N–H and O–H groups in total.